The van der Waals surface area contributed by atoms with Crippen molar-refractivity contribution in [3.05, 3.63) is 128 Å². The molecule has 0 spiro atoms. The number of amides is 1. The van der Waals surface area contributed by atoms with Gasteiger partial charge in [0.05, 0.1) is 12.1 Å². The number of benzene rings is 5. The number of nitrogens with one attached hydrogen (secondary N) is 2. The third kappa shape index (κ3) is 9.42. The van der Waals surface area contributed by atoms with Crippen molar-refractivity contribution >= 4 is 50.9 Å². The van der Waals surface area contributed by atoms with E-state index in [1.54, 1.807) is 24.3 Å². The normalized spacial score (nSPS) is 11.3. The first-order valence-corrected chi connectivity index (χ1v) is 17.0. The van der Waals surface area contributed by atoms with Gasteiger partial charge in [0.1, 0.15) is 31.3 Å². The molecule has 0 heterocycles. The number of Topliss-reactive ketones (excluding diaryl/α,β-unsaturated/α-hetero) is 1. The number of ketones is 1. The Morgan fingerprint density at radius 3 is 2.04 bits per heavy atom. The minimum atomic E-state index is -0.707. The lowest BCUT2D eigenvalue weighted by Crippen LogP contribution is -2.78. The molecule has 0 aliphatic heterocycles. The lowest BCUT2D eigenvalue weighted by atomic mass is 9.92. The van der Waals surface area contributed by atoms with Crippen molar-refractivity contribution in [3.8, 4) is 22.6 Å². The summed E-state index contributed by atoms with van der Waals surface area (Å²) in [6.45, 7) is 7.89. The van der Waals surface area contributed by atoms with Gasteiger partial charge in [-0.1, -0.05) is 92.0 Å². The van der Waals surface area contributed by atoms with Gasteiger partial charge >= 0.3 is 11.9 Å². The lowest BCUT2D eigenvalue weighted by Gasteiger charge is -2.20. The molecule has 0 aliphatic rings. The summed E-state index contributed by atoms with van der Waals surface area (Å²) in [4.78, 5) is 42.5. The quantitative estimate of drug-likeness (QED) is 0.0316. The van der Waals surface area contributed by atoms with Crippen LogP contribution in [0.25, 0.3) is 32.7 Å². The molecule has 5 aromatic carbocycles. The topological polar surface area (TPSA) is 157 Å². The van der Waals surface area contributed by atoms with Crippen LogP contribution in [0.2, 0.25) is 0 Å². The van der Waals surface area contributed by atoms with Gasteiger partial charge in [0.2, 0.25) is 5.91 Å². The fourth-order valence-corrected chi connectivity index (χ4v) is 5.99. The maximum atomic E-state index is 13.6. The number of esters is 1. The number of anilines is 1. The first kappa shape index (κ1) is 36.9. The number of guanidine groups is 1. The van der Waals surface area contributed by atoms with Gasteiger partial charge in [0, 0.05) is 29.2 Å². The van der Waals surface area contributed by atoms with Crippen molar-refractivity contribution < 1.29 is 33.6 Å². The van der Waals surface area contributed by atoms with Crippen LogP contribution in [0.1, 0.15) is 29.6 Å². The number of carbonyl (C=O) groups excluding carboxylic acids is 3. The zero-order chi connectivity index (χ0) is 36.9. The second-order valence-corrected chi connectivity index (χ2v) is 12.1. The molecule has 1 atom stereocenters. The molecule has 52 heavy (non-hydrogen) atoms. The lowest BCUT2D eigenvalue weighted by molar-refractivity contribution is -0.459. The number of carbonyl (C=O) groups is 3. The van der Waals surface area contributed by atoms with Crippen LogP contribution in [0.3, 0.4) is 0 Å². The van der Waals surface area contributed by atoms with Crippen molar-refractivity contribution in [3.63, 3.8) is 0 Å². The Kier molecular flexibility index (Phi) is 12.8. The van der Waals surface area contributed by atoms with Crippen LogP contribution in [-0.2, 0) is 14.3 Å². The average molecular weight is 700 g/mol. The molecule has 0 radical (unpaired) electrons. The highest BCUT2D eigenvalue weighted by Gasteiger charge is 2.24. The fourth-order valence-electron chi connectivity index (χ4n) is 5.99. The SMILES string of the molecule is C=CCOC(=O)c1cccc(NC(=O)[C@@H](CCC[NH+]=C(N)N)CC(=O)COc2ccc3ccccc3c2-c2c(OCC=C)ccc3ccccc23)c1. The predicted molar refractivity (Wildman–Crippen MR) is 205 cm³/mol. The molecule has 5 aromatic rings. The zero-order valence-corrected chi connectivity index (χ0v) is 28.9. The van der Waals surface area contributed by atoms with E-state index in [-0.39, 0.29) is 42.8 Å². The van der Waals surface area contributed by atoms with Crippen LogP contribution in [-0.4, -0.2) is 50.0 Å². The molecule has 0 bridgehead atoms. The van der Waals surface area contributed by atoms with Crippen molar-refractivity contribution in [1.29, 1.82) is 0 Å². The van der Waals surface area contributed by atoms with Crippen LogP contribution in [0.15, 0.2) is 122 Å². The molecule has 266 valence electrons. The van der Waals surface area contributed by atoms with E-state index >= 15 is 0 Å². The molecule has 0 saturated carbocycles. The second kappa shape index (κ2) is 18.0. The van der Waals surface area contributed by atoms with Gasteiger partial charge in [-0.05, 0) is 64.7 Å². The Balaban J connectivity index is 1.41. The number of rotatable bonds is 18. The highest BCUT2D eigenvalue weighted by molar-refractivity contribution is 6.10. The van der Waals surface area contributed by atoms with Gasteiger partial charge in [-0.2, -0.15) is 0 Å². The molecule has 0 unspecified atom stereocenters. The zero-order valence-electron chi connectivity index (χ0n) is 28.9. The minimum Gasteiger partial charge on any atom is -0.489 e. The van der Waals surface area contributed by atoms with Crippen LogP contribution in [0.5, 0.6) is 11.5 Å². The van der Waals surface area contributed by atoms with Crippen LogP contribution < -0.4 is 31.3 Å². The summed E-state index contributed by atoms with van der Waals surface area (Å²) >= 11 is 0. The molecule has 6 N–H and O–H groups in total. The van der Waals surface area contributed by atoms with Gasteiger partial charge in [0.25, 0.3) is 0 Å². The molecule has 10 nitrogen and oxygen atoms in total. The summed E-state index contributed by atoms with van der Waals surface area (Å²) in [7, 11) is 0. The van der Waals surface area contributed by atoms with E-state index < -0.39 is 11.9 Å². The molecule has 0 fully saturated rings. The summed E-state index contributed by atoms with van der Waals surface area (Å²) in [5.74, 6) is -0.656. The summed E-state index contributed by atoms with van der Waals surface area (Å²) < 4.78 is 17.6. The van der Waals surface area contributed by atoms with Gasteiger partial charge in [-0.25, -0.2) is 4.79 Å². The number of hydrogen-bond donors (Lipinski definition) is 4. The van der Waals surface area contributed by atoms with Gasteiger partial charge in [0.15, 0.2) is 5.78 Å². The van der Waals surface area contributed by atoms with Crippen LogP contribution in [0.4, 0.5) is 5.69 Å². The van der Waals surface area contributed by atoms with E-state index in [0.29, 0.717) is 43.2 Å². The van der Waals surface area contributed by atoms with Gasteiger partial charge in [-0.3, -0.25) is 26.0 Å². The number of hydrogen-bond acceptors (Lipinski definition) is 6. The predicted octanol–water partition coefficient (Wildman–Crippen LogP) is 5.29. The van der Waals surface area contributed by atoms with Crippen molar-refractivity contribution in [2.75, 3.05) is 31.7 Å². The van der Waals surface area contributed by atoms with Crippen molar-refractivity contribution in [2.24, 2.45) is 17.4 Å². The number of fused-ring (bicyclic) bond motifs is 2. The first-order chi connectivity index (χ1) is 25.3. The van der Waals surface area contributed by atoms with Crippen molar-refractivity contribution in [1.82, 2.24) is 0 Å². The standard InChI is InChI=1S/C42H42N4O6/c1-3-23-50-36-20-18-28-11-5-7-16-34(28)38(36)39-35-17-8-6-12-29(35)19-21-37(39)52-27-33(47)26-30(14-10-22-45-42(43)44)40(48)46-32-15-9-13-31(25-32)41(49)51-24-4-2/h3-9,11-13,15-21,25,30H,1-2,10,14,22-24,26-27H2,(H,46,48)(H4,43,44,45)/p+1/t30-/m0/s1. The molecular weight excluding hydrogens is 656 g/mol. The van der Waals surface area contributed by atoms with Crippen LogP contribution >= 0.6 is 0 Å². The third-order valence-electron chi connectivity index (χ3n) is 8.38. The Morgan fingerprint density at radius 1 is 0.769 bits per heavy atom. The van der Waals surface area contributed by atoms with E-state index in [9.17, 15) is 14.4 Å². The maximum absolute atomic E-state index is 13.6. The molecular formula is C42H43N4O6+. The molecule has 1 amide bonds. The third-order valence-corrected chi connectivity index (χ3v) is 8.38. The Labute approximate surface area is 302 Å². The van der Waals surface area contributed by atoms with E-state index in [2.05, 4.69) is 23.5 Å². The van der Waals surface area contributed by atoms with E-state index in [4.69, 9.17) is 25.7 Å². The average Bonchev–Trinajstić information content (AvgIpc) is 3.16. The largest absolute Gasteiger partial charge is 0.489 e. The van der Waals surface area contributed by atoms with E-state index in [1.165, 1.54) is 12.1 Å². The van der Waals surface area contributed by atoms with Gasteiger partial charge < -0.3 is 19.5 Å². The monoisotopic (exact) mass is 699 g/mol. The molecule has 10 heteroatoms. The Bertz CT molecular complexity index is 2120. The number of nitrogens with two attached hydrogens (primary N) is 2. The smallest absolute Gasteiger partial charge is 0.338 e. The molecule has 0 aliphatic carbocycles. The first-order valence-electron chi connectivity index (χ1n) is 17.0. The Hall–Kier alpha value is -6.42. The summed E-state index contributed by atoms with van der Waals surface area (Å²) in [6, 6.07) is 30.2. The Morgan fingerprint density at radius 2 is 1.40 bits per heavy atom. The molecule has 0 saturated heterocycles. The summed E-state index contributed by atoms with van der Waals surface area (Å²) in [5.41, 5.74) is 13.4. The van der Waals surface area contributed by atoms with E-state index in [0.717, 1.165) is 32.7 Å². The minimum absolute atomic E-state index is 0.0628. The van der Waals surface area contributed by atoms with E-state index in [1.807, 2.05) is 72.8 Å². The molecule has 0 aromatic heterocycles. The van der Waals surface area contributed by atoms with Crippen LogP contribution in [0, 0.1) is 5.92 Å². The highest BCUT2D eigenvalue weighted by Crippen LogP contribution is 2.45. The highest BCUT2D eigenvalue weighted by atomic mass is 16.5. The molecule has 5 rings (SSSR count). The second-order valence-electron chi connectivity index (χ2n) is 12.1. The summed E-state index contributed by atoms with van der Waals surface area (Å²) in [6.07, 6.45) is 3.96. The van der Waals surface area contributed by atoms with Gasteiger partial charge in [-0.15, -0.1) is 0 Å². The number of ether oxygens (including phenoxy) is 3. The summed E-state index contributed by atoms with van der Waals surface area (Å²) in [5, 5.41) is 6.78. The maximum Gasteiger partial charge on any atom is 0.338 e. The fraction of sp³-hybridized carbons (Fsp3) is 0.190. The van der Waals surface area contributed by atoms with Crippen molar-refractivity contribution in [2.45, 2.75) is 19.3 Å².